The number of alkyl halides is 7. The summed E-state index contributed by atoms with van der Waals surface area (Å²) in [5.74, 6) is -12.3. The molecule has 0 rings (SSSR count). The second-order valence-electron chi connectivity index (χ2n) is 6.95. The topological polar surface area (TPSA) is 26.3 Å². The van der Waals surface area contributed by atoms with Gasteiger partial charge >= 0.3 is 24.0 Å². The molecule has 0 spiro atoms. The minimum Gasteiger partial charge on any atom is -0.459 e. The molecule has 0 saturated carbocycles. The van der Waals surface area contributed by atoms with Crippen molar-refractivity contribution in [3.63, 3.8) is 0 Å². The quantitative estimate of drug-likeness (QED) is 0.297. The molecule has 1 unspecified atom stereocenters. The molecule has 0 saturated heterocycles. The van der Waals surface area contributed by atoms with E-state index in [1.165, 1.54) is 0 Å². The number of hydrogen-bond donors (Lipinski definition) is 0. The molecule has 0 bridgehead atoms. The van der Waals surface area contributed by atoms with E-state index in [0.717, 1.165) is 11.8 Å². The summed E-state index contributed by atoms with van der Waals surface area (Å²) in [7, 11) is 0. The van der Waals surface area contributed by atoms with E-state index in [1.54, 1.807) is 34.6 Å². The van der Waals surface area contributed by atoms with Gasteiger partial charge in [0.1, 0.15) is 10.9 Å². The molecule has 0 aliphatic carbocycles. The van der Waals surface area contributed by atoms with Gasteiger partial charge in [-0.15, -0.1) is 11.8 Å². The Morgan fingerprint density at radius 1 is 1.00 bits per heavy atom. The normalized spacial score (nSPS) is 15.4. The molecule has 10 heteroatoms. The second-order valence-corrected chi connectivity index (χ2v) is 8.20. The molecule has 25 heavy (non-hydrogen) atoms. The van der Waals surface area contributed by atoms with Crippen LogP contribution in [0.2, 0.25) is 0 Å². The predicted molar refractivity (Wildman–Crippen MR) is 82.1 cm³/mol. The summed E-state index contributed by atoms with van der Waals surface area (Å²) < 4.78 is 93.2. The van der Waals surface area contributed by atoms with Gasteiger partial charge in [-0.05, 0) is 38.9 Å². The highest BCUT2D eigenvalue weighted by Crippen LogP contribution is 2.48. The van der Waals surface area contributed by atoms with Gasteiger partial charge in [0.25, 0.3) is 0 Å². The summed E-state index contributed by atoms with van der Waals surface area (Å²) >= 11 is 0.903. The van der Waals surface area contributed by atoms with Gasteiger partial charge in [-0.1, -0.05) is 13.8 Å². The highest BCUT2D eigenvalue weighted by Gasteiger charge is 2.72. The number of halogens is 7. The fourth-order valence-electron chi connectivity index (χ4n) is 1.76. The summed E-state index contributed by atoms with van der Waals surface area (Å²) in [6, 6.07) is 0. The largest absolute Gasteiger partial charge is 0.459 e. The van der Waals surface area contributed by atoms with E-state index in [4.69, 9.17) is 4.74 Å². The van der Waals surface area contributed by atoms with Crippen LogP contribution in [0.15, 0.2) is 0 Å². The van der Waals surface area contributed by atoms with Gasteiger partial charge in [0.2, 0.25) is 0 Å². The van der Waals surface area contributed by atoms with Crippen molar-refractivity contribution in [2.24, 2.45) is 5.92 Å². The Morgan fingerprint density at radius 3 is 1.84 bits per heavy atom. The number of carbonyl (C=O) groups is 1. The summed E-state index contributed by atoms with van der Waals surface area (Å²) in [6.07, 6.45) is -8.55. The number of rotatable bonds is 8. The SMILES string of the molecule is CC(C)C(SCCCC(F)(F)C(F)(F)C(F)(F)F)C(=O)OC(C)(C)C. The maximum atomic E-state index is 13.2. The van der Waals surface area contributed by atoms with Crippen molar-refractivity contribution in [3.8, 4) is 0 Å². The third-order valence-electron chi connectivity index (χ3n) is 2.99. The third kappa shape index (κ3) is 7.22. The van der Waals surface area contributed by atoms with Crippen LogP contribution in [0.25, 0.3) is 0 Å². The van der Waals surface area contributed by atoms with Gasteiger partial charge in [-0.3, -0.25) is 4.79 Å². The average Bonchev–Trinajstić information content (AvgIpc) is 2.33. The summed E-state index contributed by atoms with van der Waals surface area (Å²) in [4.78, 5) is 12.0. The number of hydrogen-bond acceptors (Lipinski definition) is 3. The Balaban J connectivity index is 4.69. The Morgan fingerprint density at radius 2 is 1.48 bits per heavy atom. The van der Waals surface area contributed by atoms with Crippen LogP contribution in [-0.2, 0) is 9.53 Å². The van der Waals surface area contributed by atoms with Gasteiger partial charge in [-0.2, -0.15) is 30.7 Å². The van der Waals surface area contributed by atoms with E-state index in [9.17, 15) is 35.5 Å². The van der Waals surface area contributed by atoms with Crippen LogP contribution in [0.4, 0.5) is 30.7 Å². The van der Waals surface area contributed by atoms with Gasteiger partial charge in [-0.25, -0.2) is 0 Å². The van der Waals surface area contributed by atoms with Crippen LogP contribution in [0.5, 0.6) is 0 Å². The molecule has 0 aromatic heterocycles. The number of carbonyl (C=O) groups excluding carboxylic acids is 1. The molecule has 0 aromatic carbocycles. The molecule has 0 heterocycles. The molecule has 2 nitrogen and oxygen atoms in total. The number of esters is 1. The molecule has 0 radical (unpaired) electrons. The van der Waals surface area contributed by atoms with Crippen LogP contribution >= 0.6 is 11.8 Å². The summed E-state index contributed by atoms with van der Waals surface area (Å²) in [5.41, 5.74) is -0.757. The van der Waals surface area contributed by atoms with Crippen molar-refractivity contribution >= 4 is 17.7 Å². The average molecular weight is 400 g/mol. The smallest absolute Gasteiger partial charge is 0.459 e. The van der Waals surface area contributed by atoms with E-state index in [0.29, 0.717) is 0 Å². The molecule has 0 fully saturated rings. The predicted octanol–water partition coefficient (Wildman–Crippen LogP) is 5.70. The third-order valence-corrected chi connectivity index (χ3v) is 4.61. The Labute approximate surface area is 146 Å². The summed E-state index contributed by atoms with van der Waals surface area (Å²) in [5, 5.41) is -0.726. The maximum Gasteiger partial charge on any atom is 0.459 e. The van der Waals surface area contributed by atoms with Crippen molar-refractivity contribution in [1.82, 2.24) is 0 Å². The Kier molecular flexibility index (Phi) is 8.12. The molecule has 0 aromatic rings. The Bertz CT molecular complexity index is 442. The minimum absolute atomic E-state index is 0.175. The van der Waals surface area contributed by atoms with E-state index in [-0.39, 0.29) is 11.7 Å². The fraction of sp³-hybridized carbons (Fsp3) is 0.933. The van der Waals surface area contributed by atoms with Gasteiger partial charge < -0.3 is 4.74 Å². The van der Waals surface area contributed by atoms with Gasteiger partial charge in [0.15, 0.2) is 0 Å². The standard InChI is InChI=1S/C15H23F7O2S/c1-9(2)10(11(23)24-12(3,4)5)25-8-6-7-13(16,17)14(18,19)15(20,21)22/h9-10H,6-8H2,1-5H3. The first-order valence-electron chi connectivity index (χ1n) is 7.59. The van der Waals surface area contributed by atoms with Crippen LogP contribution in [0, 0.1) is 5.92 Å². The monoisotopic (exact) mass is 400 g/mol. The first kappa shape index (κ1) is 24.3. The molecular formula is C15H23F7O2S. The zero-order valence-electron chi connectivity index (χ0n) is 14.6. The van der Waals surface area contributed by atoms with E-state index in [1.807, 2.05) is 0 Å². The highest BCUT2D eigenvalue weighted by atomic mass is 32.2. The zero-order chi connectivity index (χ0) is 20.3. The lowest BCUT2D eigenvalue weighted by atomic mass is 10.1. The van der Waals surface area contributed by atoms with Crippen LogP contribution in [0.1, 0.15) is 47.5 Å². The van der Waals surface area contributed by atoms with Crippen LogP contribution < -0.4 is 0 Å². The molecule has 0 amide bonds. The van der Waals surface area contributed by atoms with Crippen molar-refractivity contribution in [1.29, 1.82) is 0 Å². The second kappa shape index (κ2) is 8.35. The molecule has 150 valence electrons. The zero-order valence-corrected chi connectivity index (χ0v) is 15.5. The number of thioether (sulfide) groups is 1. The maximum absolute atomic E-state index is 13.2. The molecular weight excluding hydrogens is 377 g/mol. The Hall–Kier alpha value is -0.670. The number of ether oxygens (including phenoxy) is 1. The summed E-state index contributed by atoms with van der Waals surface area (Å²) in [6.45, 7) is 8.31. The molecule has 0 aliphatic rings. The van der Waals surface area contributed by atoms with Crippen molar-refractivity contribution in [2.45, 2.75) is 76.3 Å². The van der Waals surface area contributed by atoms with Crippen LogP contribution in [0.3, 0.4) is 0 Å². The first-order valence-corrected chi connectivity index (χ1v) is 8.64. The van der Waals surface area contributed by atoms with Crippen molar-refractivity contribution in [2.75, 3.05) is 5.75 Å². The van der Waals surface area contributed by atoms with Gasteiger partial charge in [0, 0.05) is 6.42 Å². The lowest BCUT2D eigenvalue weighted by molar-refractivity contribution is -0.355. The lowest BCUT2D eigenvalue weighted by Gasteiger charge is -2.28. The molecule has 0 aliphatic heterocycles. The van der Waals surface area contributed by atoms with Crippen LogP contribution in [-0.4, -0.2) is 40.6 Å². The van der Waals surface area contributed by atoms with Crippen molar-refractivity contribution < 1.29 is 40.3 Å². The van der Waals surface area contributed by atoms with E-state index < -0.39 is 47.7 Å². The fourth-order valence-corrected chi connectivity index (χ4v) is 2.90. The van der Waals surface area contributed by atoms with Gasteiger partial charge in [0.05, 0.1) is 0 Å². The van der Waals surface area contributed by atoms with Crippen molar-refractivity contribution in [3.05, 3.63) is 0 Å². The highest BCUT2D eigenvalue weighted by molar-refractivity contribution is 8.00. The van der Waals surface area contributed by atoms with E-state index in [2.05, 4.69) is 0 Å². The lowest BCUT2D eigenvalue weighted by Crippen LogP contribution is -2.51. The molecule has 1 atom stereocenters. The first-order chi connectivity index (χ1) is 10.9. The minimum atomic E-state index is -6.32. The van der Waals surface area contributed by atoms with E-state index >= 15 is 0 Å². The molecule has 0 N–H and O–H groups in total.